The average molecular weight is 505 g/mol. The highest BCUT2D eigenvalue weighted by atomic mass is 16.6. The van der Waals surface area contributed by atoms with Gasteiger partial charge in [-0.15, -0.1) is 0 Å². The van der Waals surface area contributed by atoms with E-state index in [2.05, 4.69) is 19.2 Å². The zero-order valence-electron chi connectivity index (χ0n) is 22.3. The SMILES string of the molecule is CCCCCCCCCCCC(CCCC)OC(=O)[C@H](CCC(=O)[O-])NC(=O)OCc1ccccc1. The lowest BCUT2D eigenvalue weighted by Crippen LogP contribution is -2.44. The molecular weight excluding hydrogens is 458 g/mol. The molecule has 0 heterocycles. The summed E-state index contributed by atoms with van der Waals surface area (Å²) in [6, 6.07) is 8.07. The third-order valence-electron chi connectivity index (χ3n) is 6.22. The number of ether oxygens (including phenoxy) is 2. The van der Waals surface area contributed by atoms with Crippen molar-refractivity contribution in [1.29, 1.82) is 0 Å². The molecule has 0 radical (unpaired) electrons. The van der Waals surface area contributed by atoms with Gasteiger partial charge in [-0.2, -0.15) is 0 Å². The minimum Gasteiger partial charge on any atom is -0.550 e. The molecule has 1 N–H and O–H groups in total. The van der Waals surface area contributed by atoms with Crippen LogP contribution in [0.15, 0.2) is 30.3 Å². The van der Waals surface area contributed by atoms with Crippen molar-refractivity contribution in [3.8, 4) is 0 Å². The zero-order chi connectivity index (χ0) is 26.4. The Morgan fingerprint density at radius 3 is 2.00 bits per heavy atom. The number of unbranched alkanes of at least 4 members (excludes halogenated alkanes) is 9. The maximum atomic E-state index is 12.9. The second-order valence-electron chi connectivity index (χ2n) is 9.49. The minimum atomic E-state index is -1.29. The first kappa shape index (κ1) is 31.5. The van der Waals surface area contributed by atoms with Crippen LogP contribution in [-0.2, 0) is 25.7 Å². The first-order chi connectivity index (χ1) is 17.5. The Hall–Kier alpha value is -2.57. The van der Waals surface area contributed by atoms with Crippen LogP contribution in [0.25, 0.3) is 0 Å². The molecule has 0 saturated heterocycles. The molecule has 0 spiro atoms. The summed E-state index contributed by atoms with van der Waals surface area (Å²) in [5, 5.41) is 13.5. The molecule has 0 aliphatic heterocycles. The van der Waals surface area contributed by atoms with E-state index in [4.69, 9.17) is 9.47 Å². The number of alkyl carbamates (subject to hydrolysis) is 1. The fourth-order valence-corrected chi connectivity index (χ4v) is 4.04. The second-order valence-corrected chi connectivity index (χ2v) is 9.49. The van der Waals surface area contributed by atoms with Gasteiger partial charge in [0.1, 0.15) is 18.8 Å². The van der Waals surface area contributed by atoms with Crippen LogP contribution in [0.1, 0.15) is 116 Å². The van der Waals surface area contributed by atoms with E-state index in [9.17, 15) is 19.5 Å². The summed E-state index contributed by atoms with van der Waals surface area (Å²) >= 11 is 0. The second kappa shape index (κ2) is 20.6. The third-order valence-corrected chi connectivity index (χ3v) is 6.22. The number of amides is 1. The topological polar surface area (TPSA) is 105 Å². The van der Waals surface area contributed by atoms with Gasteiger partial charge in [-0.1, -0.05) is 108 Å². The summed E-state index contributed by atoms with van der Waals surface area (Å²) in [4.78, 5) is 36.2. The number of carboxylic acids is 1. The number of rotatable bonds is 21. The summed E-state index contributed by atoms with van der Waals surface area (Å²) in [6.07, 6.45) is 12.9. The number of esters is 1. The van der Waals surface area contributed by atoms with Crippen molar-refractivity contribution in [1.82, 2.24) is 5.32 Å². The van der Waals surface area contributed by atoms with Gasteiger partial charge in [0.25, 0.3) is 0 Å². The lowest BCUT2D eigenvalue weighted by atomic mass is 10.0. The number of benzene rings is 1. The molecule has 0 aliphatic rings. The Balaban J connectivity index is 2.53. The highest BCUT2D eigenvalue weighted by Gasteiger charge is 2.25. The van der Waals surface area contributed by atoms with Crippen LogP contribution in [0.4, 0.5) is 4.79 Å². The van der Waals surface area contributed by atoms with Crippen molar-refractivity contribution in [3.05, 3.63) is 35.9 Å². The molecule has 0 aliphatic carbocycles. The highest BCUT2D eigenvalue weighted by molar-refractivity contribution is 5.82. The molecule has 1 unspecified atom stereocenters. The Bertz CT molecular complexity index is 724. The predicted molar refractivity (Wildman–Crippen MR) is 139 cm³/mol. The van der Waals surface area contributed by atoms with Gasteiger partial charge in [0, 0.05) is 5.97 Å². The maximum Gasteiger partial charge on any atom is 0.408 e. The standard InChI is InChI=1S/C29H47NO6/c1-3-5-7-8-9-10-11-12-16-20-25(19-6-4-2)36-28(33)26(21-22-27(31)32)30-29(34)35-23-24-17-14-13-15-18-24/h13-15,17-18,25-26H,3-12,16,19-23H2,1-2H3,(H,30,34)(H,31,32)/p-1/t25?,26-/m0/s1. The lowest BCUT2D eigenvalue weighted by Gasteiger charge is -2.23. The van der Waals surface area contributed by atoms with Crippen molar-refractivity contribution < 1.29 is 29.0 Å². The number of carboxylic acid groups (broad SMARTS) is 1. The van der Waals surface area contributed by atoms with Crippen LogP contribution in [0.2, 0.25) is 0 Å². The number of hydrogen-bond acceptors (Lipinski definition) is 6. The fraction of sp³-hybridized carbons (Fsp3) is 0.690. The van der Waals surface area contributed by atoms with E-state index < -0.39 is 24.1 Å². The van der Waals surface area contributed by atoms with Crippen molar-refractivity contribution in [2.75, 3.05) is 0 Å². The van der Waals surface area contributed by atoms with Gasteiger partial charge in [0.05, 0.1) is 0 Å². The van der Waals surface area contributed by atoms with E-state index >= 15 is 0 Å². The van der Waals surface area contributed by atoms with Crippen LogP contribution < -0.4 is 10.4 Å². The van der Waals surface area contributed by atoms with Crippen LogP contribution >= 0.6 is 0 Å². The van der Waals surface area contributed by atoms with Crippen LogP contribution in [0.3, 0.4) is 0 Å². The molecule has 1 aromatic carbocycles. The summed E-state index contributed by atoms with van der Waals surface area (Å²) in [7, 11) is 0. The predicted octanol–water partition coefficient (Wildman–Crippen LogP) is 5.83. The van der Waals surface area contributed by atoms with E-state index in [1.165, 1.54) is 44.9 Å². The number of aliphatic carboxylic acids is 1. The maximum absolute atomic E-state index is 12.9. The molecule has 7 nitrogen and oxygen atoms in total. The van der Waals surface area contributed by atoms with Gasteiger partial charge < -0.3 is 24.7 Å². The van der Waals surface area contributed by atoms with E-state index in [1.54, 1.807) is 0 Å². The van der Waals surface area contributed by atoms with Crippen LogP contribution in [0, 0.1) is 0 Å². The van der Waals surface area contributed by atoms with E-state index in [0.29, 0.717) is 0 Å². The molecule has 0 aromatic heterocycles. The molecule has 7 heteroatoms. The van der Waals surface area contributed by atoms with Crippen molar-refractivity contribution >= 4 is 18.0 Å². The zero-order valence-corrected chi connectivity index (χ0v) is 22.3. The van der Waals surface area contributed by atoms with E-state index in [1.807, 2.05) is 30.3 Å². The minimum absolute atomic E-state index is 0.0483. The van der Waals surface area contributed by atoms with Crippen LogP contribution in [-0.4, -0.2) is 30.2 Å². The molecule has 1 rings (SSSR count). The van der Waals surface area contributed by atoms with Crippen molar-refractivity contribution in [2.45, 2.75) is 129 Å². The van der Waals surface area contributed by atoms with Crippen molar-refractivity contribution in [2.24, 2.45) is 0 Å². The van der Waals surface area contributed by atoms with Gasteiger partial charge in [-0.05, 0) is 37.7 Å². The molecule has 1 amide bonds. The molecule has 1 aromatic rings. The van der Waals surface area contributed by atoms with Gasteiger partial charge >= 0.3 is 12.1 Å². The fourth-order valence-electron chi connectivity index (χ4n) is 4.04. The van der Waals surface area contributed by atoms with Gasteiger partial charge in [-0.25, -0.2) is 9.59 Å². The number of carbonyl (C=O) groups is 3. The summed E-state index contributed by atoms with van der Waals surface area (Å²) in [5.74, 6) is -1.91. The lowest BCUT2D eigenvalue weighted by molar-refractivity contribution is -0.305. The van der Waals surface area contributed by atoms with Crippen molar-refractivity contribution in [3.63, 3.8) is 0 Å². The Morgan fingerprint density at radius 1 is 0.806 bits per heavy atom. The molecule has 204 valence electrons. The Morgan fingerprint density at radius 2 is 1.39 bits per heavy atom. The quantitative estimate of drug-likeness (QED) is 0.167. The summed E-state index contributed by atoms with van der Waals surface area (Å²) in [5.41, 5.74) is 0.808. The molecule has 0 fully saturated rings. The van der Waals surface area contributed by atoms with Gasteiger partial charge in [0.15, 0.2) is 0 Å². The van der Waals surface area contributed by atoms with Gasteiger partial charge in [0.2, 0.25) is 0 Å². The summed E-state index contributed by atoms with van der Waals surface area (Å²) < 4.78 is 11.0. The first-order valence-electron chi connectivity index (χ1n) is 13.8. The Kier molecular flexibility index (Phi) is 18.0. The number of carbonyl (C=O) groups excluding carboxylic acids is 3. The molecule has 2 atom stereocenters. The molecular formula is C29H46NO6-. The average Bonchev–Trinajstić information content (AvgIpc) is 2.87. The van der Waals surface area contributed by atoms with Crippen LogP contribution in [0.5, 0.6) is 0 Å². The largest absolute Gasteiger partial charge is 0.550 e. The Labute approximate surface area is 217 Å². The third kappa shape index (κ3) is 16.2. The normalized spacial score (nSPS) is 12.5. The highest BCUT2D eigenvalue weighted by Crippen LogP contribution is 2.17. The molecule has 0 bridgehead atoms. The monoisotopic (exact) mass is 504 g/mol. The van der Waals surface area contributed by atoms with Gasteiger partial charge in [-0.3, -0.25) is 0 Å². The van der Waals surface area contributed by atoms with E-state index in [-0.39, 0.29) is 25.6 Å². The molecule has 0 saturated carbocycles. The first-order valence-corrected chi connectivity index (χ1v) is 13.8. The smallest absolute Gasteiger partial charge is 0.408 e. The number of nitrogens with one attached hydrogen (secondary N) is 1. The molecule has 36 heavy (non-hydrogen) atoms. The van der Waals surface area contributed by atoms with E-state index in [0.717, 1.165) is 44.1 Å². The number of hydrogen-bond donors (Lipinski definition) is 1. The summed E-state index contributed by atoms with van der Waals surface area (Å²) in [6.45, 7) is 4.36.